The van der Waals surface area contributed by atoms with Crippen LogP contribution < -0.4 is 4.74 Å². The number of amides is 1. The highest BCUT2D eigenvalue weighted by molar-refractivity contribution is 6.05. The number of carbonyl (C=O) groups excluding carboxylic acids is 1. The van der Waals surface area contributed by atoms with Gasteiger partial charge in [-0.25, -0.2) is 9.40 Å². The summed E-state index contributed by atoms with van der Waals surface area (Å²) in [5, 5.41) is 6.24. The smallest absolute Gasteiger partial charge is 0.257 e. The fraction of sp³-hybridized carbons (Fsp3) is 0.391. The minimum atomic E-state index is -0.317. The average Bonchev–Trinajstić information content (AvgIpc) is 3.20. The van der Waals surface area contributed by atoms with Gasteiger partial charge in [-0.2, -0.15) is 5.10 Å². The molecule has 5 nitrogen and oxygen atoms in total. The van der Waals surface area contributed by atoms with E-state index in [0.717, 1.165) is 48.5 Å². The molecule has 1 saturated heterocycles. The van der Waals surface area contributed by atoms with E-state index in [0.29, 0.717) is 13.0 Å². The van der Waals surface area contributed by atoms with Crippen LogP contribution in [0.15, 0.2) is 53.6 Å². The van der Waals surface area contributed by atoms with E-state index in [1.165, 1.54) is 18.6 Å². The summed E-state index contributed by atoms with van der Waals surface area (Å²) in [6.45, 7) is 2.22. The van der Waals surface area contributed by atoms with Gasteiger partial charge in [0, 0.05) is 12.0 Å². The number of piperidine rings is 1. The first-order valence-corrected chi connectivity index (χ1v) is 10.2. The van der Waals surface area contributed by atoms with E-state index in [1.807, 2.05) is 30.3 Å². The second-order valence-corrected chi connectivity index (χ2v) is 7.60. The predicted molar refractivity (Wildman–Crippen MR) is 110 cm³/mol. The van der Waals surface area contributed by atoms with E-state index in [2.05, 4.69) is 4.90 Å². The third-order valence-electron chi connectivity index (χ3n) is 5.62. The second-order valence-electron chi connectivity index (χ2n) is 7.60. The molecule has 0 unspecified atom stereocenters. The molecule has 0 N–H and O–H groups in total. The third kappa shape index (κ3) is 4.32. The molecule has 1 amide bonds. The molecule has 2 aromatic carbocycles. The van der Waals surface area contributed by atoms with E-state index in [4.69, 9.17) is 9.84 Å². The summed E-state index contributed by atoms with van der Waals surface area (Å²) in [6.07, 6.45) is 3.98. The van der Waals surface area contributed by atoms with Gasteiger partial charge in [-0.05, 0) is 55.8 Å². The number of ether oxygens (including phenoxy) is 1. The maximum atomic E-state index is 13.9. The number of para-hydroxylation sites is 1. The topological polar surface area (TPSA) is 45.1 Å². The molecule has 0 aromatic heterocycles. The normalized spacial score (nSPS) is 19.9. The number of nitrogens with zero attached hydrogens (tertiary/aromatic N) is 3. The van der Waals surface area contributed by atoms with Gasteiger partial charge in [0.05, 0.1) is 25.4 Å². The van der Waals surface area contributed by atoms with Crippen molar-refractivity contribution in [3.8, 4) is 5.75 Å². The van der Waals surface area contributed by atoms with Crippen LogP contribution in [-0.2, 0) is 4.79 Å². The van der Waals surface area contributed by atoms with Gasteiger partial charge >= 0.3 is 0 Å². The first-order chi connectivity index (χ1) is 14.2. The van der Waals surface area contributed by atoms with Crippen LogP contribution in [-0.4, -0.2) is 48.3 Å². The van der Waals surface area contributed by atoms with Crippen molar-refractivity contribution in [2.45, 2.75) is 31.7 Å². The minimum absolute atomic E-state index is 0.0499. The molecule has 1 atom stereocenters. The van der Waals surface area contributed by atoms with Gasteiger partial charge in [0.25, 0.3) is 5.91 Å². The Bertz CT molecular complexity index is 909. The van der Waals surface area contributed by atoms with E-state index in [9.17, 15) is 9.18 Å². The van der Waals surface area contributed by atoms with Crippen LogP contribution in [0.2, 0.25) is 0 Å². The van der Waals surface area contributed by atoms with Crippen molar-refractivity contribution in [2.24, 2.45) is 5.10 Å². The van der Waals surface area contributed by atoms with Crippen LogP contribution in [0, 0.1) is 5.82 Å². The number of hydrogen-bond acceptors (Lipinski definition) is 4. The van der Waals surface area contributed by atoms with E-state index in [1.54, 1.807) is 18.2 Å². The summed E-state index contributed by atoms with van der Waals surface area (Å²) < 4.78 is 19.4. The predicted octanol–water partition coefficient (Wildman–Crippen LogP) is 4.00. The summed E-state index contributed by atoms with van der Waals surface area (Å²) in [7, 11) is 1.62. The molecule has 2 heterocycles. The molecule has 0 spiro atoms. The zero-order chi connectivity index (χ0) is 20.2. The number of carbonyl (C=O) groups is 1. The van der Waals surface area contributed by atoms with Crippen LogP contribution >= 0.6 is 0 Å². The largest absolute Gasteiger partial charge is 0.496 e. The van der Waals surface area contributed by atoms with Gasteiger partial charge in [-0.15, -0.1) is 0 Å². The molecule has 0 saturated carbocycles. The summed E-state index contributed by atoms with van der Waals surface area (Å²) in [4.78, 5) is 15.4. The lowest BCUT2D eigenvalue weighted by atomic mass is 9.98. The highest BCUT2D eigenvalue weighted by atomic mass is 19.1. The molecule has 0 aliphatic carbocycles. The Morgan fingerprint density at radius 2 is 1.93 bits per heavy atom. The van der Waals surface area contributed by atoms with Gasteiger partial charge in [0.1, 0.15) is 11.6 Å². The third-order valence-corrected chi connectivity index (χ3v) is 5.62. The first-order valence-electron chi connectivity index (χ1n) is 10.2. The monoisotopic (exact) mass is 395 g/mol. The van der Waals surface area contributed by atoms with E-state index in [-0.39, 0.29) is 17.8 Å². The molecule has 4 rings (SSSR count). The number of methoxy groups -OCH3 is 1. The summed E-state index contributed by atoms with van der Waals surface area (Å²) in [6, 6.07) is 13.8. The lowest BCUT2D eigenvalue weighted by molar-refractivity contribution is -0.134. The van der Waals surface area contributed by atoms with Crippen LogP contribution in [0.25, 0.3) is 0 Å². The average molecular weight is 395 g/mol. The first kappa shape index (κ1) is 19.6. The van der Waals surface area contributed by atoms with Crippen LogP contribution in [0.4, 0.5) is 4.39 Å². The van der Waals surface area contributed by atoms with Gasteiger partial charge in [-0.1, -0.05) is 30.7 Å². The van der Waals surface area contributed by atoms with Gasteiger partial charge in [0.2, 0.25) is 0 Å². The minimum Gasteiger partial charge on any atom is -0.496 e. The zero-order valence-corrected chi connectivity index (χ0v) is 16.7. The Morgan fingerprint density at radius 3 is 2.69 bits per heavy atom. The summed E-state index contributed by atoms with van der Waals surface area (Å²) in [5.74, 6) is 0.359. The molecule has 2 aliphatic rings. The van der Waals surface area contributed by atoms with Crippen LogP contribution in [0.3, 0.4) is 0 Å². The number of hydrazone groups is 1. The molecule has 6 heteroatoms. The van der Waals surface area contributed by atoms with Crippen molar-refractivity contribution in [3.05, 3.63) is 65.5 Å². The number of hydrogen-bond donors (Lipinski definition) is 0. The van der Waals surface area contributed by atoms with Crippen molar-refractivity contribution in [2.75, 3.05) is 26.7 Å². The van der Waals surface area contributed by atoms with Crippen LogP contribution in [0.1, 0.15) is 42.9 Å². The van der Waals surface area contributed by atoms with E-state index < -0.39 is 0 Å². The molecule has 152 valence electrons. The Kier molecular flexibility index (Phi) is 5.90. The molecular formula is C23H26FN3O2. The fourth-order valence-corrected chi connectivity index (χ4v) is 4.14. The lowest BCUT2D eigenvalue weighted by Gasteiger charge is -2.29. The SMILES string of the molecule is COc1ccccc1C1=NN(C(=O)CN2CCCCC2)[C@@H](c2cccc(F)c2)C1. The number of benzene rings is 2. The second kappa shape index (κ2) is 8.74. The number of halogens is 1. The van der Waals surface area contributed by atoms with Crippen molar-refractivity contribution in [1.82, 2.24) is 9.91 Å². The molecule has 2 aromatic rings. The fourth-order valence-electron chi connectivity index (χ4n) is 4.14. The van der Waals surface area contributed by atoms with E-state index >= 15 is 0 Å². The Hall–Kier alpha value is -2.73. The maximum Gasteiger partial charge on any atom is 0.257 e. The standard InChI is InChI=1S/C23H26FN3O2/c1-29-22-11-4-3-10-19(22)20-15-21(17-8-7-9-18(24)14-17)27(25-20)23(28)16-26-12-5-2-6-13-26/h3-4,7-11,14,21H,2,5-6,12-13,15-16H2,1H3/t21-/m1/s1. The molecule has 1 fully saturated rings. The Balaban J connectivity index is 1.64. The summed E-state index contributed by atoms with van der Waals surface area (Å²) >= 11 is 0. The summed E-state index contributed by atoms with van der Waals surface area (Å²) in [5.41, 5.74) is 2.40. The van der Waals surface area contributed by atoms with Crippen molar-refractivity contribution in [3.63, 3.8) is 0 Å². The Labute approximate surface area is 170 Å². The zero-order valence-electron chi connectivity index (χ0n) is 16.7. The Morgan fingerprint density at radius 1 is 1.14 bits per heavy atom. The quantitative estimate of drug-likeness (QED) is 0.769. The molecule has 0 bridgehead atoms. The van der Waals surface area contributed by atoms with Gasteiger partial charge in [-0.3, -0.25) is 9.69 Å². The molecule has 2 aliphatic heterocycles. The lowest BCUT2D eigenvalue weighted by Crippen LogP contribution is -2.40. The van der Waals surface area contributed by atoms with Crippen molar-refractivity contribution < 1.29 is 13.9 Å². The van der Waals surface area contributed by atoms with Crippen LogP contribution in [0.5, 0.6) is 5.75 Å². The van der Waals surface area contributed by atoms with Crippen molar-refractivity contribution >= 4 is 11.6 Å². The maximum absolute atomic E-state index is 13.9. The van der Waals surface area contributed by atoms with Crippen molar-refractivity contribution in [1.29, 1.82) is 0 Å². The number of rotatable bonds is 5. The number of likely N-dealkylation sites (tertiary alicyclic amines) is 1. The highest BCUT2D eigenvalue weighted by Gasteiger charge is 2.34. The van der Waals surface area contributed by atoms with Gasteiger partial charge < -0.3 is 4.74 Å². The molecule has 0 radical (unpaired) electrons. The van der Waals surface area contributed by atoms with Gasteiger partial charge in [0.15, 0.2) is 0 Å². The molecular weight excluding hydrogens is 369 g/mol. The highest BCUT2D eigenvalue weighted by Crippen LogP contribution is 2.35. The molecule has 29 heavy (non-hydrogen) atoms.